The Morgan fingerprint density at radius 1 is 1.44 bits per heavy atom. The van der Waals surface area contributed by atoms with Crippen LogP contribution >= 0.6 is 15.9 Å². The first-order valence-electron chi connectivity index (χ1n) is 5.82. The maximum Gasteiger partial charge on any atom is 0.215 e. The summed E-state index contributed by atoms with van der Waals surface area (Å²) in [4.78, 5) is 0. The Labute approximate surface area is 116 Å². The van der Waals surface area contributed by atoms with Crippen LogP contribution in [0.3, 0.4) is 0 Å². The minimum absolute atomic E-state index is 0.0737. The highest BCUT2D eigenvalue weighted by molar-refractivity contribution is 9.10. The molecule has 0 aliphatic heterocycles. The average Bonchev–Trinajstić information content (AvgIpc) is 3.08. The number of aliphatic hydroxyl groups is 1. The Bertz CT molecular complexity index is 513. The average molecular weight is 334 g/mol. The van der Waals surface area contributed by atoms with Crippen molar-refractivity contribution in [3.8, 4) is 0 Å². The predicted molar refractivity (Wildman–Crippen MR) is 73.9 cm³/mol. The van der Waals surface area contributed by atoms with Gasteiger partial charge in [0, 0.05) is 16.9 Å². The monoisotopic (exact) mass is 333 g/mol. The first-order valence-corrected chi connectivity index (χ1v) is 8.16. The van der Waals surface area contributed by atoms with E-state index >= 15 is 0 Å². The molecule has 2 N–H and O–H groups in total. The van der Waals surface area contributed by atoms with Gasteiger partial charge in [-0.25, -0.2) is 13.1 Å². The molecule has 0 spiro atoms. The van der Waals surface area contributed by atoms with E-state index in [9.17, 15) is 8.42 Å². The quantitative estimate of drug-likeness (QED) is 0.860. The number of rotatable bonds is 5. The van der Waals surface area contributed by atoms with E-state index in [1.807, 2.05) is 24.3 Å². The first-order chi connectivity index (χ1) is 8.40. The number of aliphatic hydroxyl groups excluding tert-OH is 1. The zero-order valence-electron chi connectivity index (χ0n) is 10.0. The molecule has 0 heterocycles. The third-order valence-electron chi connectivity index (χ3n) is 3.01. The van der Waals surface area contributed by atoms with E-state index in [-0.39, 0.29) is 17.7 Å². The van der Waals surface area contributed by atoms with Gasteiger partial charge in [-0.2, -0.15) is 0 Å². The van der Waals surface area contributed by atoms with Gasteiger partial charge in [0.1, 0.15) is 0 Å². The maximum atomic E-state index is 11.9. The predicted octanol–water partition coefficient (Wildman–Crippen LogP) is 1.61. The molecule has 1 aliphatic rings. The molecule has 6 heteroatoms. The standard InChI is InChI=1S/C12H16BrNO3S/c1-8(15)7-14-18(16,17)12-6-11(12)9-2-4-10(13)5-3-9/h2-5,8,11-12,14-15H,6-7H2,1H3/t8-,11+,12-/m0/s1. The summed E-state index contributed by atoms with van der Waals surface area (Å²) in [7, 11) is -3.31. The fourth-order valence-electron chi connectivity index (χ4n) is 1.92. The molecule has 0 saturated heterocycles. The summed E-state index contributed by atoms with van der Waals surface area (Å²) in [5, 5.41) is 8.74. The molecule has 2 rings (SSSR count). The lowest BCUT2D eigenvalue weighted by atomic mass is 10.1. The molecule has 18 heavy (non-hydrogen) atoms. The fraction of sp³-hybridized carbons (Fsp3) is 0.500. The zero-order chi connectivity index (χ0) is 13.3. The van der Waals surface area contributed by atoms with Crippen LogP contribution in [-0.4, -0.2) is 31.4 Å². The molecule has 0 unspecified atom stereocenters. The fourth-order valence-corrected chi connectivity index (χ4v) is 3.92. The van der Waals surface area contributed by atoms with E-state index < -0.39 is 16.1 Å². The number of nitrogens with one attached hydrogen (secondary N) is 1. The van der Waals surface area contributed by atoms with E-state index in [4.69, 9.17) is 5.11 Å². The van der Waals surface area contributed by atoms with Crippen LogP contribution in [0.25, 0.3) is 0 Å². The maximum absolute atomic E-state index is 11.9. The van der Waals surface area contributed by atoms with Gasteiger partial charge in [-0.3, -0.25) is 0 Å². The summed E-state index contributed by atoms with van der Waals surface area (Å²) in [6.07, 6.45) is -0.0128. The van der Waals surface area contributed by atoms with Crippen molar-refractivity contribution in [2.24, 2.45) is 0 Å². The van der Waals surface area contributed by atoms with E-state index in [0.717, 1.165) is 10.0 Å². The second-order valence-corrected chi connectivity index (χ2v) is 7.57. The van der Waals surface area contributed by atoms with Gasteiger partial charge < -0.3 is 5.11 Å². The lowest BCUT2D eigenvalue weighted by Crippen LogP contribution is -2.33. The Hall–Kier alpha value is -0.430. The number of halogens is 1. The van der Waals surface area contributed by atoms with Crippen molar-refractivity contribution in [3.63, 3.8) is 0 Å². The SMILES string of the molecule is C[C@H](O)CNS(=O)(=O)[C@H]1C[C@@H]1c1ccc(Br)cc1. The van der Waals surface area contributed by atoms with Gasteiger partial charge in [0.15, 0.2) is 0 Å². The molecule has 1 saturated carbocycles. The van der Waals surface area contributed by atoms with Crippen LogP contribution in [0.4, 0.5) is 0 Å². The summed E-state index contributed by atoms with van der Waals surface area (Å²) in [6, 6.07) is 7.72. The molecule has 0 amide bonds. The van der Waals surface area contributed by atoms with Gasteiger partial charge in [0.2, 0.25) is 10.0 Å². The summed E-state index contributed by atoms with van der Waals surface area (Å²) in [6.45, 7) is 1.63. The van der Waals surface area contributed by atoms with Crippen LogP contribution in [0, 0.1) is 0 Å². The second-order valence-electron chi connectivity index (χ2n) is 4.67. The highest BCUT2D eigenvalue weighted by Crippen LogP contribution is 2.45. The van der Waals surface area contributed by atoms with Crippen LogP contribution in [0.2, 0.25) is 0 Å². The van der Waals surface area contributed by atoms with Crippen molar-refractivity contribution < 1.29 is 13.5 Å². The summed E-state index contributed by atoms with van der Waals surface area (Å²) < 4.78 is 27.3. The van der Waals surface area contributed by atoms with E-state index in [0.29, 0.717) is 6.42 Å². The van der Waals surface area contributed by atoms with Gasteiger partial charge in [-0.05, 0) is 31.0 Å². The summed E-state index contributed by atoms with van der Waals surface area (Å²) >= 11 is 3.35. The van der Waals surface area contributed by atoms with Crippen LogP contribution in [-0.2, 0) is 10.0 Å². The minimum Gasteiger partial charge on any atom is -0.392 e. The highest BCUT2D eigenvalue weighted by atomic mass is 79.9. The lowest BCUT2D eigenvalue weighted by Gasteiger charge is -2.08. The number of benzene rings is 1. The van der Waals surface area contributed by atoms with Crippen LogP contribution < -0.4 is 4.72 Å². The molecule has 1 aromatic rings. The Kier molecular flexibility index (Phi) is 4.11. The normalized spacial score (nSPS) is 24.8. The van der Waals surface area contributed by atoms with E-state index in [2.05, 4.69) is 20.7 Å². The Balaban J connectivity index is 2.00. The first kappa shape index (κ1) is 14.0. The topological polar surface area (TPSA) is 66.4 Å². The third kappa shape index (κ3) is 3.32. The number of hydrogen-bond acceptors (Lipinski definition) is 3. The molecule has 1 fully saturated rings. The van der Waals surface area contributed by atoms with Crippen molar-refractivity contribution in [2.45, 2.75) is 30.6 Å². The molecule has 1 aromatic carbocycles. The largest absolute Gasteiger partial charge is 0.392 e. The smallest absolute Gasteiger partial charge is 0.215 e. The molecule has 4 nitrogen and oxygen atoms in total. The van der Waals surface area contributed by atoms with Crippen LogP contribution in [0.15, 0.2) is 28.7 Å². The Morgan fingerprint density at radius 3 is 2.61 bits per heavy atom. The summed E-state index contributed by atoms with van der Waals surface area (Å²) in [5.41, 5.74) is 1.05. The molecule has 3 atom stereocenters. The molecular weight excluding hydrogens is 318 g/mol. The molecule has 0 radical (unpaired) electrons. The van der Waals surface area contributed by atoms with Crippen LogP contribution in [0.5, 0.6) is 0 Å². The van der Waals surface area contributed by atoms with Crippen molar-refractivity contribution >= 4 is 26.0 Å². The van der Waals surface area contributed by atoms with E-state index in [1.54, 1.807) is 6.92 Å². The van der Waals surface area contributed by atoms with Gasteiger partial charge >= 0.3 is 0 Å². The third-order valence-corrected chi connectivity index (χ3v) is 5.42. The molecule has 100 valence electrons. The summed E-state index contributed by atoms with van der Waals surface area (Å²) in [5.74, 6) is 0.0737. The molecule has 0 aromatic heterocycles. The molecule has 0 bridgehead atoms. The van der Waals surface area contributed by atoms with E-state index in [1.165, 1.54) is 0 Å². The van der Waals surface area contributed by atoms with Crippen molar-refractivity contribution in [2.75, 3.05) is 6.54 Å². The zero-order valence-corrected chi connectivity index (χ0v) is 12.4. The second kappa shape index (κ2) is 5.28. The number of sulfonamides is 1. The molecular formula is C12H16BrNO3S. The van der Waals surface area contributed by atoms with Gasteiger partial charge in [0.25, 0.3) is 0 Å². The Morgan fingerprint density at radius 2 is 2.06 bits per heavy atom. The van der Waals surface area contributed by atoms with Gasteiger partial charge in [-0.15, -0.1) is 0 Å². The van der Waals surface area contributed by atoms with Crippen molar-refractivity contribution in [3.05, 3.63) is 34.3 Å². The van der Waals surface area contributed by atoms with Gasteiger partial charge in [0.05, 0.1) is 11.4 Å². The highest BCUT2D eigenvalue weighted by Gasteiger charge is 2.47. The van der Waals surface area contributed by atoms with Gasteiger partial charge in [-0.1, -0.05) is 28.1 Å². The van der Waals surface area contributed by atoms with Crippen molar-refractivity contribution in [1.29, 1.82) is 0 Å². The van der Waals surface area contributed by atoms with Crippen molar-refractivity contribution in [1.82, 2.24) is 4.72 Å². The minimum atomic E-state index is -3.31. The molecule has 1 aliphatic carbocycles. The van der Waals surface area contributed by atoms with Crippen LogP contribution in [0.1, 0.15) is 24.8 Å². The lowest BCUT2D eigenvalue weighted by molar-refractivity contribution is 0.198. The number of hydrogen-bond donors (Lipinski definition) is 2.